The molecule has 27 heavy (non-hydrogen) atoms. The van der Waals surface area contributed by atoms with E-state index < -0.39 is 0 Å². The Kier molecular flexibility index (Phi) is 4.97. The zero-order valence-corrected chi connectivity index (χ0v) is 15.5. The Labute approximate surface area is 159 Å². The van der Waals surface area contributed by atoms with E-state index in [0.29, 0.717) is 45.8 Å². The van der Waals surface area contributed by atoms with Gasteiger partial charge in [-0.1, -0.05) is 42.0 Å². The molecule has 4 rings (SSSR count). The van der Waals surface area contributed by atoms with Gasteiger partial charge in [0.15, 0.2) is 5.16 Å². The van der Waals surface area contributed by atoms with Gasteiger partial charge in [-0.2, -0.15) is 4.98 Å². The summed E-state index contributed by atoms with van der Waals surface area (Å²) in [4.78, 5) is 26.0. The number of fused-ring (bicyclic) bond motifs is 1. The second-order valence-corrected chi connectivity index (χ2v) is 6.83. The molecule has 0 saturated heterocycles. The number of aromatic nitrogens is 5. The quantitative estimate of drug-likeness (QED) is 0.374. The van der Waals surface area contributed by atoms with E-state index in [-0.39, 0.29) is 5.56 Å². The van der Waals surface area contributed by atoms with Gasteiger partial charge in [-0.05, 0) is 30.7 Å². The van der Waals surface area contributed by atoms with E-state index in [4.69, 9.17) is 4.52 Å². The van der Waals surface area contributed by atoms with Crippen molar-refractivity contribution in [1.82, 2.24) is 24.7 Å². The molecule has 0 spiro atoms. The lowest BCUT2D eigenvalue weighted by Crippen LogP contribution is -2.23. The lowest BCUT2D eigenvalue weighted by molar-refractivity contribution is 0.391. The van der Waals surface area contributed by atoms with E-state index in [2.05, 4.69) is 20.1 Å². The fraction of sp³-hybridized carbons (Fsp3) is 0.211. The van der Waals surface area contributed by atoms with Crippen molar-refractivity contribution < 1.29 is 4.52 Å². The highest BCUT2D eigenvalue weighted by Crippen LogP contribution is 2.23. The van der Waals surface area contributed by atoms with Crippen molar-refractivity contribution in [3.05, 3.63) is 64.9 Å². The summed E-state index contributed by atoms with van der Waals surface area (Å²) in [5, 5.41) is 5.26. The van der Waals surface area contributed by atoms with Gasteiger partial charge < -0.3 is 4.52 Å². The smallest absolute Gasteiger partial charge is 0.262 e. The zero-order chi connectivity index (χ0) is 18.6. The molecule has 0 unspecified atom stereocenters. The molecule has 0 atom stereocenters. The topological polar surface area (TPSA) is 86.7 Å². The SMILES string of the molecule is CCCn1c(SCc2nc(-c3ccccn3)no2)nc2ccccc2c1=O. The number of hydrogen-bond donors (Lipinski definition) is 0. The first kappa shape index (κ1) is 17.4. The normalized spacial score (nSPS) is 11.1. The first-order chi connectivity index (χ1) is 13.3. The monoisotopic (exact) mass is 379 g/mol. The molecule has 1 aromatic carbocycles. The third kappa shape index (κ3) is 3.61. The molecule has 136 valence electrons. The van der Waals surface area contributed by atoms with Crippen LogP contribution in [-0.4, -0.2) is 24.7 Å². The van der Waals surface area contributed by atoms with Gasteiger partial charge in [0.1, 0.15) is 5.69 Å². The highest BCUT2D eigenvalue weighted by molar-refractivity contribution is 7.98. The first-order valence-corrected chi connectivity index (χ1v) is 9.61. The molecule has 0 radical (unpaired) electrons. The Bertz CT molecular complexity index is 1120. The van der Waals surface area contributed by atoms with Crippen molar-refractivity contribution in [1.29, 1.82) is 0 Å². The van der Waals surface area contributed by atoms with Gasteiger partial charge in [-0.15, -0.1) is 0 Å². The Hall–Kier alpha value is -3.00. The van der Waals surface area contributed by atoms with Gasteiger partial charge >= 0.3 is 0 Å². The average molecular weight is 379 g/mol. The number of pyridine rings is 1. The van der Waals surface area contributed by atoms with Crippen LogP contribution in [0.15, 0.2) is 63.1 Å². The second-order valence-electron chi connectivity index (χ2n) is 5.88. The van der Waals surface area contributed by atoms with Crippen LogP contribution in [0.5, 0.6) is 0 Å². The number of hydrogen-bond acceptors (Lipinski definition) is 7. The van der Waals surface area contributed by atoms with Crippen LogP contribution >= 0.6 is 11.8 Å². The van der Waals surface area contributed by atoms with Crippen LogP contribution in [0.1, 0.15) is 19.2 Å². The molecular weight excluding hydrogens is 362 g/mol. The van der Waals surface area contributed by atoms with Crippen molar-refractivity contribution in [2.45, 2.75) is 30.8 Å². The average Bonchev–Trinajstić information content (AvgIpc) is 3.19. The molecular formula is C19H17N5O2S. The molecule has 0 saturated carbocycles. The van der Waals surface area contributed by atoms with E-state index >= 15 is 0 Å². The summed E-state index contributed by atoms with van der Waals surface area (Å²) in [6.07, 6.45) is 2.53. The molecule has 7 nitrogen and oxygen atoms in total. The number of nitrogens with zero attached hydrogens (tertiary/aromatic N) is 5. The molecule has 0 aliphatic rings. The summed E-state index contributed by atoms with van der Waals surface area (Å²) in [6.45, 7) is 2.65. The van der Waals surface area contributed by atoms with E-state index in [1.165, 1.54) is 11.8 Å². The van der Waals surface area contributed by atoms with E-state index in [1.807, 2.05) is 49.4 Å². The van der Waals surface area contributed by atoms with Crippen LogP contribution in [0.2, 0.25) is 0 Å². The maximum atomic E-state index is 12.8. The number of thioether (sulfide) groups is 1. The minimum absolute atomic E-state index is 0.0235. The van der Waals surface area contributed by atoms with E-state index in [0.717, 1.165) is 6.42 Å². The summed E-state index contributed by atoms with van der Waals surface area (Å²) >= 11 is 1.41. The summed E-state index contributed by atoms with van der Waals surface area (Å²) in [5.41, 5.74) is 1.32. The third-order valence-electron chi connectivity index (χ3n) is 3.96. The molecule has 0 bridgehead atoms. The fourth-order valence-electron chi connectivity index (χ4n) is 2.72. The van der Waals surface area contributed by atoms with Crippen LogP contribution in [0.4, 0.5) is 0 Å². The molecule has 4 aromatic rings. The van der Waals surface area contributed by atoms with Gasteiger partial charge in [0.05, 0.1) is 16.7 Å². The number of para-hydroxylation sites is 1. The summed E-state index contributed by atoms with van der Waals surface area (Å²) in [7, 11) is 0. The maximum absolute atomic E-state index is 12.8. The molecule has 0 aliphatic carbocycles. The molecule has 0 amide bonds. The lowest BCUT2D eigenvalue weighted by atomic mass is 10.2. The van der Waals surface area contributed by atoms with E-state index in [1.54, 1.807) is 10.8 Å². The Balaban J connectivity index is 1.61. The van der Waals surface area contributed by atoms with Crippen molar-refractivity contribution in [3.8, 4) is 11.5 Å². The van der Waals surface area contributed by atoms with Crippen LogP contribution in [0.25, 0.3) is 22.4 Å². The van der Waals surface area contributed by atoms with Crippen molar-refractivity contribution in [2.24, 2.45) is 0 Å². The molecule has 0 N–H and O–H groups in total. The highest BCUT2D eigenvalue weighted by atomic mass is 32.2. The first-order valence-electron chi connectivity index (χ1n) is 8.62. The molecule has 3 heterocycles. The summed E-state index contributed by atoms with van der Waals surface area (Å²) in [6, 6.07) is 12.9. The van der Waals surface area contributed by atoms with Crippen molar-refractivity contribution in [2.75, 3.05) is 0 Å². The van der Waals surface area contributed by atoms with Crippen molar-refractivity contribution in [3.63, 3.8) is 0 Å². The van der Waals surface area contributed by atoms with Gasteiger partial charge in [0.2, 0.25) is 11.7 Å². The van der Waals surface area contributed by atoms with Crippen LogP contribution < -0.4 is 5.56 Å². The fourth-order valence-corrected chi connectivity index (χ4v) is 3.58. The van der Waals surface area contributed by atoms with Gasteiger partial charge in [-0.25, -0.2) is 4.98 Å². The zero-order valence-electron chi connectivity index (χ0n) is 14.7. The Morgan fingerprint density at radius 2 is 1.96 bits per heavy atom. The number of rotatable bonds is 6. The van der Waals surface area contributed by atoms with Crippen LogP contribution in [-0.2, 0) is 12.3 Å². The van der Waals surface area contributed by atoms with Crippen molar-refractivity contribution >= 4 is 22.7 Å². The summed E-state index contributed by atoms with van der Waals surface area (Å²) in [5.74, 6) is 1.34. The largest absolute Gasteiger partial charge is 0.338 e. The molecule has 8 heteroatoms. The van der Waals surface area contributed by atoms with Crippen LogP contribution in [0.3, 0.4) is 0 Å². The molecule has 3 aromatic heterocycles. The second kappa shape index (κ2) is 7.71. The third-order valence-corrected chi connectivity index (χ3v) is 4.92. The predicted molar refractivity (Wildman–Crippen MR) is 103 cm³/mol. The predicted octanol–water partition coefficient (Wildman–Crippen LogP) is 3.54. The highest BCUT2D eigenvalue weighted by Gasteiger charge is 2.14. The molecule has 0 fully saturated rings. The van der Waals surface area contributed by atoms with Gasteiger partial charge in [-0.3, -0.25) is 14.3 Å². The van der Waals surface area contributed by atoms with Gasteiger partial charge in [0.25, 0.3) is 5.56 Å². The molecule has 0 aliphatic heterocycles. The van der Waals surface area contributed by atoms with Gasteiger partial charge in [0, 0.05) is 12.7 Å². The minimum atomic E-state index is -0.0235. The van der Waals surface area contributed by atoms with E-state index in [9.17, 15) is 4.79 Å². The van der Waals surface area contributed by atoms with Crippen LogP contribution in [0, 0.1) is 0 Å². The Morgan fingerprint density at radius 3 is 2.78 bits per heavy atom. The lowest BCUT2D eigenvalue weighted by Gasteiger charge is -2.11. The number of benzene rings is 1. The summed E-state index contributed by atoms with van der Waals surface area (Å²) < 4.78 is 7.03. The Morgan fingerprint density at radius 1 is 1.11 bits per heavy atom. The standard InChI is InChI=1S/C19H17N5O2S/c1-2-11-24-18(25)13-7-3-4-8-14(13)21-19(24)27-12-16-22-17(23-26-16)15-9-5-6-10-20-15/h3-10H,2,11-12H2,1H3. The minimum Gasteiger partial charge on any atom is -0.338 e. The maximum Gasteiger partial charge on any atom is 0.262 e.